The highest BCUT2D eigenvalue weighted by atomic mass is 35.5. The van der Waals surface area contributed by atoms with Gasteiger partial charge in [0.15, 0.2) is 5.83 Å². The molecule has 23 heavy (non-hydrogen) atoms. The molecule has 0 saturated carbocycles. The summed E-state index contributed by atoms with van der Waals surface area (Å²) in [6.45, 7) is 0. The van der Waals surface area contributed by atoms with E-state index in [9.17, 15) is 61.5 Å². The fraction of sp³-hybridized carbons (Fsp3) is 0.750. The van der Waals surface area contributed by atoms with Crippen LogP contribution in [0.15, 0.2) is 11.9 Å². The Bertz CT molecular complexity index is 465. The van der Waals surface area contributed by atoms with Gasteiger partial charge in [-0.2, -0.15) is 57.1 Å². The van der Waals surface area contributed by atoms with Crippen molar-refractivity contribution in [3.8, 4) is 0 Å². The second-order valence-corrected chi connectivity index (χ2v) is 4.44. The molecule has 0 aromatic heterocycles. The lowest BCUT2D eigenvalue weighted by Crippen LogP contribution is -2.60. The fourth-order valence-electron chi connectivity index (χ4n) is 0.957. The summed E-state index contributed by atoms with van der Waals surface area (Å²) >= 11 is 3.93. The summed E-state index contributed by atoms with van der Waals surface area (Å²) in [7, 11) is 0. The third-order valence-corrected chi connectivity index (χ3v) is 2.77. The lowest BCUT2D eigenvalue weighted by Gasteiger charge is -2.35. The molecule has 0 N–H and O–H groups in total. The maximum Gasteiger partial charge on any atom is 0.460 e. The highest BCUT2D eigenvalue weighted by Gasteiger charge is 2.79. The average molecular weight is 399 g/mol. The molecule has 0 nitrogen and oxygen atoms in total. The average Bonchev–Trinajstić information content (AvgIpc) is 2.23. The van der Waals surface area contributed by atoms with Crippen LogP contribution >= 0.6 is 11.6 Å². The van der Waals surface area contributed by atoms with Crippen molar-refractivity contribution in [1.82, 2.24) is 0 Å². The molecule has 0 aliphatic heterocycles. The normalized spacial score (nSPS) is 18.8. The molecule has 0 rings (SSSR count). The van der Waals surface area contributed by atoms with Crippen LogP contribution in [0, 0.1) is 0 Å². The minimum atomic E-state index is -7.14. The number of allylic oxidation sites excluding steroid dienone is 2. The molecule has 0 fully saturated rings. The van der Waals surface area contributed by atoms with Crippen molar-refractivity contribution >= 4 is 11.6 Å². The quantitative estimate of drug-likeness (QED) is 0.418. The van der Waals surface area contributed by atoms with Gasteiger partial charge in [0.05, 0.1) is 0 Å². The SMILES string of the molecule is FC(=CC(Cl)(C(F)(F)F)C(F)(F)C(F)(F)F)C(F)(F)C(F)(F)F. The minimum absolute atomic E-state index is 2.35. The summed E-state index contributed by atoms with van der Waals surface area (Å²) in [4.78, 5) is -6.24. The summed E-state index contributed by atoms with van der Waals surface area (Å²) in [5.74, 6) is -18.2. The Labute approximate surface area is 121 Å². The van der Waals surface area contributed by atoms with Crippen molar-refractivity contribution in [1.29, 1.82) is 0 Å². The van der Waals surface area contributed by atoms with Crippen molar-refractivity contribution in [2.45, 2.75) is 35.2 Å². The third-order valence-electron chi connectivity index (χ3n) is 2.21. The minimum Gasteiger partial charge on any atom is -0.205 e. The van der Waals surface area contributed by atoms with Gasteiger partial charge in [-0.1, -0.05) is 11.6 Å². The Hall–Kier alpha value is -0.950. The molecule has 1 atom stereocenters. The van der Waals surface area contributed by atoms with Gasteiger partial charge in [0.25, 0.3) is 0 Å². The lowest BCUT2D eigenvalue weighted by atomic mass is 9.96. The molecule has 0 amide bonds. The number of rotatable bonds is 3. The molecule has 0 saturated heterocycles. The molecule has 1 unspecified atom stereocenters. The van der Waals surface area contributed by atoms with Gasteiger partial charge in [-0.15, -0.1) is 0 Å². The van der Waals surface area contributed by atoms with Gasteiger partial charge in [-0.25, -0.2) is 4.39 Å². The maximum atomic E-state index is 12.8. The summed E-state index contributed by atoms with van der Waals surface area (Å²) in [5, 5.41) is 0. The number of alkyl halides is 14. The molecule has 0 spiro atoms. The number of hydrogen-bond donors (Lipinski definition) is 0. The third kappa shape index (κ3) is 3.60. The Morgan fingerprint density at radius 3 is 1.17 bits per heavy atom. The molecular formula is C8HClF14. The topological polar surface area (TPSA) is 0 Å². The van der Waals surface area contributed by atoms with Gasteiger partial charge in [0, 0.05) is 0 Å². The Morgan fingerprint density at radius 2 is 0.957 bits per heavy atom. The maximum absolute atomic E-state index is 12.8. The molecule has 0 aliphatic rings. The molecular weight excluding hydrogens is 398 g/mol. The summed E-state index contributed by atoms with van der Waals surface area (Å²) < 4.78 is 171. The first-order chi connectivity index (χ1) is 9.63. The second-order valence-electron chi connectivity index (χ2n) is 3.85. The van der Waals surface area contributed by atoms with Crippen LogP contribution in [0.25, 0.3) is 0 Å². The molecule has 0 aliphatic carbocycles. The van der Waals surface area contributed by atoms with Crippen LogP contribution in [0.2, 0.25) is 0 Å². The number of hydrogen-bond acceptors (Lipinski definition) is 0. The van der Waals surface area contributed by atoms with Crippen LogP contribution in [0.1, 0.15) is 0 Å². The largest absolute Gasteiger partial charge is 0.460 e. The van der Waals surface area contributed by atoms with E-state index in [0.717, 1.165) is 0 Å². The monoisotopic (exact) mass is 398 g/mol. The van der Waals surface area contributed by atoms with E-state index in [1.54, 1.807) is 0 Å². The Morgan fingerprint density at radius 1 is 0.609 bits per heavy atom. The first-order valence-corrected chi connectivity index (χ1v) is 5.04. The van der Waals surface area contributed by atoms with Crippen molar-refractivity contribution in [3.63, 3.8) is 0 Å². The molecule has 15 heteroatoms. The van der Waals surface area contributed by atoms with Crippen molar-refractivity contribution in [2.75, 3.05) is 0 Å². The van der Waals surface area contributed by atoms with E-state index < -0.39 is 47.2 Å². The van der Waals surface area contributed by atoms with Crippen LogP contribution < -0.4 is 0 Å². The standard InChI is InChI=1S/C8HClF14/c9-3(6(15,16)17,5(13,14)8(21,22)23)1-2(10)4(11,12)7(18,19)20/h1H. The summed E-state index contributed by atoms with van der Waals surface area (Å²) in [5.41, 5.74) is 0. The van der Waals surface area contributed by atoms with E-state index >= 15 is 0 Å². The first kappa shape index (κ1) is 22.1. The molecule has 0 heterocycles. The van der Waals surface area contributed by atoms with E-state index in [2.05, 4.69) is 11.6 Å². The predicted octanol–water partition coefficient (Wildman–Crippen LogP) is 5.77. The van der Waals surface area contributed by atoms with Crippen molar-refractivity contribution in [2.24, 2.45) is 0 Å². The smallest absolute Gasteiger partial charge is 0.205 e. The molecule has 0 aromatic rings. The zero-order chi connectivity index (χ0) is 19.3. The Balaban J connectivity index is 6.45. The molecule has 0 bridgehead atoms. The van der Waals surface area contributed by atoms with Crippen molar-refractivity contribution < 1.29 is 61.5 Å². The zero-order valence-electron chi connectivity index (χ0n) is 9.75. The van der Waals surface area contributed by atoms with E-state index in [-0.39, 0.29) is 0 Å². The van der Waals surface area contributed by atoms with E-state index in [1.165, 1.54) is 0 Å². The van der Waals surface area contributed by atoms with Crippen LogP contribution in [0.4, 0.5) is 61.5 Å². The second kappa shape index (κ2) is 5.55. The van der Waals surface area contributed by atoms with Crippen LogP contribution in [0.5, 0.6) is 0 Å². The molecule has 0 aromatic carbocycles. The molecule has 138 valence electrons. The van der Waals surface area contributed by atoms with Gasteiger partial charge in [-0.3, -0.25) is 0 Å². The van der Waals surface area contributed by atoms with E-state index in [4.69, 9.17) is 0 Å². The summed E-state index contributed by atoms with van der Waals surface area (Å²) in [6.07, 6.45) is -23.4. The van der Waals surface area contributed by atoms with Gasteiger partial charge < -0.3 is 0 Å². The van der Waals surface area contributed by atoms with Crippen LogP contribution in [-0.4, -0.2) is 35.2 Å². The van der Waals surface area contributed by atoms with Gasteiger partial charge in [0.2, 0.25) is 4.87 Å². The highest BCUT2D eigenvalue weighted by molar-refractivity contribution is 6.26. The predicted molar refractivity (Wildman–Crippen MR) is 45.8 cm³/mol. The van der Waals surface area contributed by atoms with Gasteiger partial charge in [-0.05, 0) is 6.08 Å². The van der Waals surface area contributed by atoms with Gasteiger partial charge in [0.1, 0.15) is 0 Å². The van der Waals surface area contributed by atoms with Crippen LogP contribution in [-0.2, 0) is 0 Å². The van der Waals surface area contributed by atoms with Gasteiger partial charge >= 0.3 is 30.4 Å². The van der Waals surface area contributed by atoms with E-state index in [1.807, 2.05) is 0 Å². The fourth-order valence-corrected chi connectivity index (χ4v) is 1.16. The zero-order valence-corrected chi connectivity index (χ0v) is 10.5. The van der Waals surface area contributed by atoms with E-state index in [0.29, 0.717) is 0 Å². The Kier molecular flexibility index (Phi) is 5.32. The highest BCUT2D eigenvalue weighted by Crippen LogP contribution is 2.56. The first-order valence-electron chi connectivity index (χ1n) is 4.66. The summed E-state index contributed by atoms with van der Waals surface area (Å²) in [6, 6.07) is 0. The number of halogens is 15. The lowest BCUT2D eigenvalue weighted by molar-refractivity contribution is -0.326. The van der Waals surface area contributed by atoms with Crippen molar-refractivity contribution in [3.05, 3.63) is 11.9 Å². The molecule has 0 radical (unpaired) electrons. The van der Waals surface area contributed by atoms with Crippen LogP contribution in [0.3, 0.4) is 0 Å².